The van der Waals surface area contributed by atoms with Gasteiger partial charge in [-0.15, -0.1) is 5.10 Å². The van der Waals surface area contributed by atoms with Gasteiger partial charge < -0.3 is 14.5 Å². The van der Waals surface area contributed by atoms with Crippen molar-refractivity contribution in [3.05, 3.63) is 111 Å². The van der Waals surface area contributed by atoms with Crippen molar-refractivity contribution in [2.24, 2.45) is 0 Å². The van der Waals surface area contributed by atoms with Crippen LogP contribution in [0.1, 0.15) is 41.9 Å². The lowest BCUT2D eigenvalue weighted by Gasteiger charge is -2.30. The Labute approximate surface area is 230 Å². The van der Waals surface area contributed by atoms with Gasteiger partial charge in [0.2, 0.25) is 6.79 Å². The summed E-state index contributed by atoms with van der Waals surface area (Å²) in [5.74, 6) is 1.69. The van der Waals surface area contributed by atoms with Crippen molar-refractivity contribution < 1.29 is 13.9 Å². The molecule has 6 rings (SSSR count). The quantitative estimate of drug-likeness (QED) is 0.272. The first-order valence-corrected chi connectivity index (χ1v) is 13.3. The molecule has 5 aromatic rings. The Morgan fingerprint density at radius 1 is 1.00 bits per heavy atom. The second-order valence-corrected chi connectivity index (χ2v) is 9.87. The topological polar surface area (TPSA) is 98.2 Å². The zero-order valence-electron chi connectivity index (χ0n) is 22.1. The molecule has 0 amide bonds. The molecule has 40 heavy (non-hydrogen) atoms. The number of H-pyrrole nitrogens is 1. The highest BCUT2D eigenvalue weighted by Crippen LogP contribution is 2.35. The maximum Gasteiger partial charge on any atom is 0.252 e. The second kappa shape index (κ2) is 11.3. The van der Waals surface area contributed by atoms with E-state index in [1.807, 2.05) is 35.0 Å². The first-order valence-electron chi connectivity index (χ1n) is 13.3. The van der Waals surface area contributed by atoms with Crippen LogP contribution < -0.4 is 15.0 Å². The van der Waals surface area contributed by atoms with Gasteiger partial charge >= 0.3 is 0 Å². The number of nitrogens with zero attached hydrogens (tertiary/aromatic N) is 5. The number of aromatic nitrogens is 5. The fourth-order valence-corrected chi connectivity index (χ4v) is 5.17. The van der Waals surface area contributed by atoms with Crippen molar-refractivity contribution in [3.8, 4) is 11.5 Å². The van der Waals surface area contributed by atoms with Gasteiger partial charge in [0.15, 0.2) is 17.3 Å². The van der Waals surface area contributed by atoms with Crippen LogP contribution in [0.3, 0.4) is 0 Å². The van der Waals surface area contributed by atoms with Crippen molar-refractivity contribution in [1.29, 1.82) is 0 Å². The molecule has 10 heteroatoms. The van der Waals surface area contributed by atoms with E-state index in [0.717, 1.165) is 23.2 Å². The predicted molar refractivity (Wildman–Crippen MR) is 147 cm³/mol. The smallest absolute Gasteiger partial charge is 0.252 e. The molecule has 0 radical (unpaired) electrons. The SMILES string of the molecule is CC[C@H](c1nnnn1CCc1ccccc1)N(Cc1ccc(F)cc1)Cc1cc2cc3c(cc2[nH]c1=O)OCO3. The number of hydrogen-bond acceptors (Lipinski definition) is 7. The summed E-state index contributed by atoms with van der Waals surface area (Å²) in [5, 5.41) is 13.5. The zero-order chi connectivity index (χ0) is 27.5. The van der Waals surface area contributed by atoms with E-state index in [-0.39, 0.29) is 24.2 Å². The van der Waals surface area contributed by atoms with Crippen LogP contribution in [0, 0.1) is 5.82 Å². The number of aryl methyl sites for hydroxylation is 2. The molecule has 0 aliphatic carbocycles. The summed E-state index contributed by atoms with van der Waals surface area (Å²) < 4.78 is 26.5. The maximum atomic E-state index is 13.7. The molecule has 204 valence electrons. The molecule has 1 aliphatic rings. The van der Waals surface area contributed by atoms with Crippen molar-refractivity contribution in [3.63, 3.8) is 0 Å². The number of ether oxygens (including phenoxy) is 2. The number of pyridine rings is 1. The van der Waals surface area contributed by atoms with E-state index < -0.39 is 0 Å². The molecule has 1 aliphatic heterocycles. The minimum Gasteiger partial charge on any atom is -0.454 e. The number of rotatable bonds is 10. The second-order valence-electron chi connectivity index (χ2n) is 9.87. The third-order valence-electron chi connectivity index (χ3n) is 7.23. The third-order valence-corrected chi connectivity index (χ3v) is 7.23. The Bertz CT molecular complexity index is 1670. The molecule has 3 heterocycles. The van der Waals surface area contributed by atoms with Crippen LogP contribution in [-0.4, -0.2) is 36.9 Å². The van der Waals surface area contributed by atoms with Crippen molar-refractivity contribution in [1.82, 2.24) is 30.1 Å². The fourth-order valence-electron chi connectivity index (χ4n) is 5.17. The average Bonchev–Trinajstić information content (AvgIpc) is 3.62. The largest absolute Gasteiger partial charge is 0.454 e. The van der Waals surface area contributed by atoms with Gasteiger partial charge in [-0.05, 0) is 58.7 Å². The minimum absolute atomic E-state index is 0.158. The highest BCUT2D eigenvalue weighted by Gasteiger charge is 2.26. The lowest BCUT2D eigenvalue weighted by Crippen LogP contribution is -2.32. The molecule has 0 spiro atoms. The first kappa shape index (κ1) is 25.7. The van der Waals surface area contributed by atoms with Gasteiger partial charge in [-0.1, -0.05) is 49.4 Å². The maximum absolute atomic E-state index is 13.7. The lowest BCUT2D eigenvalue weighted by atomic mass is 10.1. The van der Waals surface area contributed by atoms with Crippen LogP contribution >= 0.6 is 0 Å². The summed E-state index contributed by atoms with van der Waals surface area (Å²) in [4.78, 5) is 18.4. The summed E-state index contributed by atoms with van der Waals surface area (Å²) in [6.07, 6.45) is 1.49. The van der Waals surface area contributed by atoms with Crippen LogP contribution in [-0.2, 0) is 26.1 Å². The Balaban J connectivity index is 1.33. The zero-order valence-corrected chi connectivity index (χ0v) is 22.1. The number of halogens is 1. The van der Waals surface area contributed by atoms with Gasteiger partial charge in [0.05, 0.1) is 11.6 Å². The first-order chi connectivity index (χ1) is 19.6. The van der Waals surface area contributed by atoms with Gasteiger partial charge in [0, 0.05) is 36.7 Å². The summed E-state index contributed by atoms with van der Waals surface area (Å²) in [5.41, 5.74) is 3.21. The molecule has 0 saturated carbocycles. The summed E-state index contributed by atoms with van der Waals surface area (Å²) >= 11 is 0. The minimum atomic E-state index is -0.295. The summed E-state index contributed by atoms with van der Waals surface area (Å²) in [6, 6.07) is 22.0. The van der Waals surface area contributed by atoms with E-state index in [4.69, 9.17) is 9.47 Å². The number of aromatic amines is 1. The monoisotopic (exact) mass is 540 g/mol. The van der Waals surface area contributed by atoms with E-state index in [1.165, 1.54) is 17.7 Å². The molecule has 2 aromatic heterocycles. The third kappa shape index (κ3) is 5.43. The molecule has 1 N–H and O–H groups in total. The number of hydrogen-bond donors (Lipinski definition) is 1. The van der Waals surface area contributed by atoms with Gasteiger partial charge in [0.25, 0.3) is 5.56 Å². The van der Waals surface area contributed by atoms with Gasteiger partial charge in [0.1, 0.15) is 5.82 Å². The van der Waals surface area contributed by atoms with Gasteiger partial charge in [-0.3, -0.25) is 9.69 Å². The molecule has 0 fully saturated rings. The molecular formula is C30H29FN6O3. The number of fused-ring (bicyclic) bond motifs is 2. The molecule has 0 unspecified atom stereocenters. The Kier molecular flexibility index (Phi) is 7.24. The van der Waals surface area contributed by atoms with Crippen molar-refractivity contribution in [2.45, 2.75) is 45.4 Å². The van der Waals surface area contributed by atoms with Crippen LogP contribution in [0.2, 0.25) is 0 Å². The lowest BCUT2D eigenvalue weighted by molar-refractivity contribution is 0.160. The van der Waals surface area contributed by atoms with E-state index in [9.17, 15) is 9.18 Å². The Morgan fingerprint density at radius 3 is 2.55 bits per heavy atom. The highest BCUT2D eigenvalue weighted by molar-refractivity contribution is 5.83. The van der Waals surface area contributed by atoms with E-state index in [0.29, 0.717) is 48.6 Å². The number of nitrogens with one attached hydrogen (secondary N) is 1. The summed E-state index contributed by atoms with van der Waals surface area (Å²) in [7, 11) is 0. The molecule has 9 nitrogen and oxygen atoms in total. The van der Waals surface area contributed by atoms with Crippen molar-refractivity contribution in [2.75, 3.05) is 6.79 Å². The molecule has 1 atom stereocenters. The van der Waals surface area contributed by atoms with E-state index in [1.54, 1.807) is 18.2 Å². The molecule has 0 bridgehead atoms. The van der Waals surface area contributed by atoms with Gasteiger partial charge in [-0.25, -0.2) is 9.07 Å². The molecule has 0 saturated heterocycles. The number of tetrazole rings is 1. The average molecular weight is 541 g/mol. The van der Waals surface area contributed by atoms with Gasteiger partial charge in [-0.2, -0.15) is 0 Å². The molecule has 3 aromatic carbocycles. The Morgan fingerprint density at radius 2 is 1.77 bits per heavy atom. The van der Waals surface area contributed by atoms with E-state index in [2.05, 4.69) is 44.5 Å². The standard InChI is InChI=1S/C30H29FN6O3/c1-2-26(29-33-34-35-37(29)13-12-20-6-4-3-5-7-20)36(17-21-8-10-24(31)11-9-21)18-23-14-22-15-27-28(40-19-39-27)16-25(22)32-30(23)38/h3-11,14-16,26H,2,12-13,17-19H2,1H3,(H,32,38)/t26-/m1/s1. The van der Waals surface area contributed by atoms with E-state index >= 15 is 0 Å². The van der Waals surface area contributed by atoms with Crippen molar-refractivity contribution >= 4 is 10.9 Å². The predicted octanol–water partition coefficient (Wildman–Crippen LogP) is 4.78. The van der Waals surface area contributed by atoms with Crippen LogP contribution in [0.15, 0.2) is 77.6 Å². The number of benzene rings is 3. The summed E-state index contributed by atoms with van der Waals surface area (Å²) in [6.45, 7) is 3.66. The van der Waals surface area contributed by atoms with Crippen LogP contribution in [0.5, 0.6) is 11.5 Å². The van der Waals surface area contributed by atoms with Crippen LogP contribution in [0.4, 0.5) is 4.39 Å². The van der Waals surface area contributed by atoms with Crippen LogP contribution in [0.25, 0.3) is 10.9 Å². The fraction of sp³-hybridized carbons (Fsp3) is 0.267. The normalized spacial score (nSPS) is 13.3. The molecular weight excluding hydrogens is 511 g/mol. The highest BCUT2D eigenvalue weighted by atomic mass is 19.1. The Hall–Kier alpha value is -4.57.